The summed E-state index contributed by atoms with van der Waals surface area (Å²) in [5, 5.41) is 14.6. The van der Waals surface area contributed by atoms with Gasteiger partial charge < -0.3 is 15.0 Å². The molecule has 8 nitrogen and oxygen atoms in total. The number of hydrogen-bond acceptors (Lipinski definition) is 7. The van der Waals surface area contributed by atoms with E-state index in [9.17, 15) is 14.2 Å². The third-order valence-electron chi connectivity index (χ3n) is 5.25. The predicted molar refractivity (Wildman–Crippen MR) is 111 cm³/mol. The third kappa shape index (κ3) is 3.33. The van der Waals surface area contributed by atoms with Gasteiger partial charge in [-0.25, -0.2) is 14.4 Å². The Balaban J connectivity index is 1.98. The summed E-state index contributed by atoms with van der Waals surface area (Å²) in [7, 11) is -1.24. The molecule has 2 atom stereocenters. The maximum absolute atomic E-state index is 14.0. The lowest BCUT2D eigenvalue weighted by molar-refractivity contribution is 0.219. The van der Waals surface area contributed by atoms with Crippen molar-refractivity contribution in [3.05, 3.63) is 47.2 Å². The number of anilines is 1. The highest BCUT2D eigenvalue weighted by molar-refractivity contribution is 7.71. The average molecular weight is 426 g/mol. The van der Waals surface area contributed by atoms with Crippen molar-refractivity contribution in [1.82, 2.24) is 19.7 Å². The van der Waals surface area contributed by atoms with Crippen LogP contribution in [0.3, 0.4) is 0 Å². The minimum absolute atomic E-state index is 0.0559. The van der Waals surface area contributed by atoms with Crippen LogP contribution in [-0.2, 0) is 18.0 Å². The molecule has 2 bridgehead atoms. The van der Waals surface area contributed by atoms with E-state index in [4.69, 9.17) is 10.5 Å². The van der Waals surface area contributed by atoms with E-state index in [0.717, 1.165) is 0 Å². The van der Waals surface area contributed by atoms with Crippen molar-refractivity contribution in [3.8, 4) is 23.2 Å². The summed E-state index contributed by atoms with van der Waals surface area (Å²) in [6.45, 7) is 3.39. The lowest BCUT2D eigenvalue weighted by Crippen LogP contribution is -2.20. The molecule has 0 amide bonds. The molecule has 3 aromatic rings. The number of benzene rings is 1. The van der Waals surface area contributed by atoms with E-state index in [-0.39, 0.29) is 11.7 Å². The smallest absolute Gasteiger partial charge is 0.258 e. The molecule has 1 aliphatic heterocycles. The zero-order chi connectivity index (χ0) is 21.6. The molecule has 10 heteroatoms. The monoisotopic (exact) mass is 426 g/mol. The summed E-state index contributed by atoms with van der Waals surface area (Å²) in [5.74, 6) is -0.334. The second-order valence-electron chi connectivity index (χ2n) is 7.39. The predicted octanol–water partition coefficient (Wildman–Crippen LogP) is 2.78. The van der Waals surface area contributed by atoms with E-state index in [1.807, 2.05) is 0 Å². The Bertz CT molecular complexity index is 1250. The van der Waals surface area contributed by atoms with Crippen LogP contribution in [0.25, 0.3) is 11.3 Å². The van der Waals surface area contributed by atoms with Gasteiger partial charge >= 0.3 is 0 Å². The van der Waals surface area contributed by atoms with Crippen LogP contribution in [0.2, 0.25) is 0 Å². The first-order chi connectivity index (χ1) is 14.2. The van der Waals surface area contributed by atoms with Gasteiger partial charge in [0.1, 0.15) is 30.8 Å². The van der Waals surface area contributed by atoms with Crippen LogP contribution >= 0.6 is 7.14 Å². The van der Waals surface area contributed by atoms with Gasteiger partial charge in [-0.1, -0.05) is 0 Å². The number of nitrogens with zero attached hydrogens (tertiary/aromatic N) is 5. The second kappa shape index (κ2) is 7.22. The minimum Gasteiger partial charge on any atom is -0.467 e. The lowest BCUT2D eigenvalue weighted by atomic mass is 10.1. The normalized spacial score (nSPS) is 20.7. The van der Waals surface area contributed by atoms with Crippen molar-refractivity contribution in [2.24, 2.45) is 7.05 Å². The molecule has 2 N–H and O–H groups in total. The van der Waals surface area contributed by atoms with Crippen LogP contribution in [-0.4, -0.2) is 32.6 Å². The van der Waals surface area contributed by atoms with Gasteiger partial charge in [-0.15, -0.1) is 0 Å². The molecule has 30 heavy (non-hydrogen) atoms. The second-order valence-corrected chi connectivity index (χ2v) is 10.5. The Morgan fingerprint density at radius 3 is 2.93 bits per heavy atom. The minimum atomic E-state index is -2.90. The average Bonchev–Trinajstić information content (AvgIpc) is 3.02. The lowest BCUT2D eigenvalue weighted by Gasteiger charge is -2.23. The van der Waals surface area contributed by atoms with Crippen molar-refractivity contribution in [1.29, 1.82) is 5.26 Å². The van der Waals surface area contributed by atoms with Gasteiger partial charge in [0.25, 0.3) is 5.88 Å². The molecular weight excluding hydrogens is 406 g/mol. The molecule has 0 saturated heterocycles. The van der Waals surface area contributed by atoms with Gasteiger partial charge in [-0.05, 0) is 38.2 Å². The largest absolute Gasteiger partial charge is 0.467 e. The number of ether oxygens (including phenoxy) is 1. The van der Waals surface area contributed by atoms with Crippen molar-refractivity contribution >= 4 is 18.3 Å². The SMILES string of the molecule is C[C@H]1Oc2nc(cnc2N)-c2c(nn(C)c2C#N)CCP(C)(=O)c2ccc(F)cc21. The zero-order valence-corrected chi connectivity index (χ0v) is 17.7. The number of aryl methyl sites for hydroxylation is 2. The number of nitrogen functional groups attached to an aromatic ring is 1. The molecule has 1 unspecified atom stereocenters. The maximum atomic E-state index is 14.0. The summed E-state index contributed by atoms with van der Waals surface area (Å²) in [6, 6.07) is 6.31. The van der Waals surface area contributed by atoms with Crippen LogP contribution in [0, 0.1) is 17.1 Å². The Labute approximate surface area is 172 Å². The summed E-state index contributed by atoms with van der Waals surface area (Å²) in [4.78, 5) is 8.64. The van der Waals surface area contributed by atoms with Gasteiger partial charge in [0.05, 0.1) is 23.1 Å². The Hall–Kier alpha value is -3.24. The quantitative estimate of drug-likeness (QED) is 0.549. The number of nitrogens with two attached hydrogens (primary N) is 1. The molecular formula is C20H20FN6O2P. The van der Waals surface area contributed by atoms with E-state index in [1.165, 1.54) is 23.0 Å². The summed E-state index contributed by atoms with van der Waals surface area (Å²) >= 11 is 0. The highest BCUT2D eigenvalue weighted by Crippen LogP contribution is 2.44. The Kier molecular flexibility index (Phi) is 4.83. The van der Waals surface area contributed by atoms with Crippen LogP contribution < -0.4 is 15.8 Å². The van der Waals surface area contributed by atoms with Gasteiger partial charge in [-0.2, -0.15) is 10.4 Å². The van der Waals surface area contributed by atoms with Crippen molar-refractivity contribution < 1.29 is 13.7 Å². The van der Waals surface area contributed by atoms with Crippen LogP contribution in [0.5, 0.6) is 5.88 Å². The number of halogens is 1. The van der Waals surface area contributed by atoms with E-state index in [0.29, 0.717) is 46.1 Å². The van der Waals surface area contributed by atoms with Gasteiger partial charge in [-0.3, -0.25) is 4.68 Å². The molecule has 0 saturated carbocycles. The zero-order valence-electron chi connectivity index (χ0n) is 16.8. The molecule has 1 aromatic carbocycles. The number of aromatic nitrogens is 4. The van der Waals surface area contributed by atoms with Crippen molar-refractivity contribution in [2.45, 2.75) is 19.4 Å². The van der Waals surface area contributed by atoms with Crippen LogP contribution in [0.15, 0.2) is 24.4 Å². The fraction of sp³-hybridized carbons (Fsp3) is 0.300. The maximum Gasteiger partial charge on any atom is 0.258 e. The molecule has 3 heterocycles. The fourth-order valence-corrected chi connectivity index (χ4v) is 5.75. The highest BCUT2D eigenvalue weighted by atomic mass is 31.2. The summed E-state index contributed by atoms with van der Waals surface area (Å²) in [6.07, 6.45) is 1.44. The Morgan fingerprint density at radius 1 is 1.43 bits per heavy atom. The van der Waals surface area contributed by atoms with Crippen molar-refractivity contribution in [2.75, 3.05) is 18.6 Å². The van der Waals surface area contributed by atoms with E-state index >= 15 is 0 Å². The van der Waals surface area contributed by atoms with Gasteiger partial charge in [0.2, 0.25) is 0 Å². The highest BCUT2D eigenvalue weighted by Gasteiger charge is 2.29. The summed E-state index contributed by atoms with van der Waals surface area (Å²) in [5.41, 5.74) is 8.24. The molecule has 0 fully saturated rings. The fourth-order valence-electron chi connectivity index (χ4n) is 3.69. The number of fused-ring (bicyclic) bond motifs is 5. The first kappa shape index (κ1) is 20.0. The Morgan fingerprint density at radius 2 is 2.20 bits per heavy atom. The topological polar surface area (TPSA) is 120 Å². The summed E-state index contributed by atoms with van der Waals surface area (Å²) < 4.78 is 35.1. The molecule has 154 valence electrons. The molecule has 0 aliphatic carbocycles. The van der Waals surface area contributed by atoms with Crippen LogP contribution in [0.1, 0.15) is 30.0 Å². The molecule has 4 rings (SSSR count). The molecule has 0 radical (unpaired) electrons. The number of hydrogen-bond donors (Lipinski definition) is 1. The first-order valence-electron chi connectivity index (χ1n) is 9.33. The molecule has 1 aliphatic rings. The van der Waals surface area contributed by atoms with E-state index in [1.54, 1.807) is 26.7 Å². The van der Waals surface area contributed by atoms with E-state index in [2.05, 4.69) is 21.1 Å². The number of rotatable bonds is 0. The standard InChI is InChI=1S/C20H20FN6O2P/c1-11-13-8-12(21)4-5-17(13)30(3,28)7-6-14-18(16(9-22)27(2)26-14)15-10-24-19(23)20(25-15)29-11/h4-5,8,10-11H,6-7H2,1-3H3,(H2,23,24)/t11-,30?/m1/s1. The third-order valence-corrected chi connectivity index (χ3v) is 7.75. The van der Waals surface area contributed by atoms with Gasteiger partial charge in [0, 0.05) is 24.1 Å². The molecule has 2 aromatic heterocycles. The molecule has 0 spiro atoms. The van der Waals surface area contributed by atoms with E-state index < -0.39 is 19.1 Å². The van der Waals surface area contributed by atoms with Crippen molar-refractivity contribution in [3.63, 3.8) is 0 Å². The van der Waals surface area contributed by atoms with Gasteiger partial charge in [0.15, 0.2) is 5.82 Å². The first-order valence-corrected chi connectivity index (χ1v) is 11.7. The van der Waals surface area contributed by atoms with Crippen LogP contribution in [0.4, 0.5) is 10.2 Å². The number of nitriles is 1.